The predicted octanol–water partition coefficient (Wildman–Crippen LogP) is 2.80. The van der Waals surface area contributed by atoms with Crippen molar-refractivity contribution in [2.75, 3.05) is 0 Å². The Hall–Kier alpha value is -0.890. The molecule has 1 saturated carbocycles. The number of aromatic nitrogens is 1. The van der Waals surface area contributed by atoms with E-state index in [-0.39, 0.29) is 6.10 Å². The number of nitrogens with zero attached hydrogens (tertiary/aromatic N) is 1. The van der Waals surface area contributed by atoms with E-state index in [4.69, 9.17) is 0 Å². The molecule has 2 nitrogen and oxygen atoms in total. The first kappa shape index (κ1) is 10.6. The Labute approximate surface area is 91.4 Å². The van der Waals surface area contributed by atoms with E-state index < -0.39 is 0 Å². The molecule has 2 unspecified atom stereocenters. The molecule has 1 aromatic heterocycles. The number of rotatable bonds is 1. The number of aryl methyl sites for hydroxylation is 1. The SMILES string of the molecule is Cc1ccc(C2CCCCCC2O)cn1. The summed E-state index contributed by atoms with van der Waals surface area (Å²) in [5.74, 6) is 0.306. The minimum Gasteiger partial charge on any atom is -0.392 e. The fraction of sp³-hybridized carbons (Fsp3) is 0.615. The second-order valence-corrected chi connectivity index (χ2v) is 4.54. The third-order valence-corrected chi connectivity index (χ3v) is 3.34. The maximum Gasteiger partial charge on any atom is 0.0609 e. The van der Waals surface area contributed by atoms with Crippen LogP contribution in [0.3, 0.4) is 0 Å². The average molecular weight is 205 g/mol. The van der Waals surface area contributed by atoms with Crippen molar-refractivity contribution in [2.24, 2.45) is 0 Å². The molecule has 0 spiro atoms. The first-order chi connectivity index (χ1) is 7.27. The van der Waals surface area contributed by atoms with Crippen LogP contribution in [0.1, 0.15) is 49.3 Å². The number of hydrogen-bond acceptors (Lipinski definition) is 2. The third-order valence-electron chi connectivity index (χ3n) is 3.34. The summed E-state index contributed by atoms with van der Waals surface area (Å²) in [6.07, 6.45) is 7.45. The summed E-state index contributed by atoms with van der Waals surface area (Å²) in [6, 6.07) is 4.15. The molecule has 1 aromatic rings. The number of pyridine rings is 1. The van der Waals surface area contributed by atoms with Crippen molar-refractivity contribution < 1.29 is 5.11 Å². The Morgan fingerprint density at radius 1 is 1.20 bits per heavy atom. The summed E-state index contributed by atoms with van der Waals surface area (Å²) in [5, 5.41) is 10.0. The predicted molar refractivity (Wildman–Crippen MR) is 60.8 cm³/mol. The standard InChI is InChI=1S/C13H19NO/c1-10-7-8-11(9-14-10)12-5-3-2-4-6-13(12)15/h7-9,12-13,15H,2-6H2,1H3. The van der Waals surface area contributed by atoms with Crippen molar-refractivity contribution in [1.29, 1.82) is 0 Å². The van der Waals surface area contributed by atoms with Crippen molar-refractivity contribution in [1.82, 2.24) is 4.98 Å². The van der Waals surface area contributed by atoms with Gasteiger partial charge in [-0.2, -0.15) is 0 Å². The van der Waals surface area contributed by atoms with Gasteiger partial charge in [0.2, 0.25) is 0 Å². The van der Waals surface area contributed by atoms with Crippen LogP contribution in [0.15, 0.2) is 18.3 Å². The molecule has 0 aromatic carbocycles. The number of hydrogen-bond donors (Lipinski definition) is 1. The van der Waals surface area contributed by atoms with Crippen LogP contribution in [0.25, 0.3) is 0 Å². The Morgan fingerprint density at radius 2 is 2.00 bits per heavy atom. The van der Waals surface area contributed by atoms with Crippen molar-refractivity contribution in [3.05, 3.63) is 29.6 Å². The van der Waals surface area contributed by atoms with Crippen LogP contribution < -0.4 is 0 Å². The Morgan fingerprint density at radius 3 is 2.73 bits per heavy atom. The molecule has 0 aliphatic heterocycles. The van der Waals surface area contributed by atoms with Crippen LogP contribution >= 0.6 is 0 Å². The normalized spacial score (nSPS) is 27.3. The van der Waals surface area contributed by atoms with Gasteiger partial charge in [-0.3, -0.25) is 4.98 Å². The molecule has 1 heterocycles. The molecule has 1 aliphatic carbocycles. The van der Waals surface area contributed by atoms with E-state index in [0.717, 1.165) is 25.0 Å². The number of aliphatic hydroxyl groups excluding tert-OH is 1. The fourth-order valence-corrected chi connectivity index (χ4v) is 2.38. The maximum atomic E-state index is 10.0. The zero-order chi connectivity index (χ0) is 10.7. The first-order valence-corrected chi connectivity index (χ1v) is 5.88. The molecule has 82 valence electrons. The van der Waals surface area contributed by atoms with E-state index in [2.05, 4.69) is 11.1 Å². The molecule has 2 rings (SSSR count). The smallest absolute Gasteiger partial charge is 0.0609 e. The Balaban J connectivity index is 2.16. The first-order valence-electron chi connectivity index (χ1n) is 5.88. The van der Waals surface area contributed by atoms with Gasteiger partial charge in [-0.15, -0.1) is 0 Å². The molecule has 1 aliphatic rings. The van der Waals surface area contributed by atoms with E-state index in [1.165, 1.54) is 18.4 Å². The molecule has 0 bridgehead atoms. The van der Waals surface area contributed by atoms with E-state index in [9.17, 15) is 5.11 Å². The second-order valence-electron chi connectivity index (χ2n) is 4.54. The third kappa shape index (κ3) is 2.57. The fourth-order valence-electron chi connectivity index (χ4n) is 2.38. The largest absolute Gasteiger partial charge is 0.392 e. The summed E-state index contributed by atoms with van der Waals surface area (Å²) in [5.41, 5.74) is 2.25. The zero-order valence-electron chi connectivity index (χ0n) is 9.32. The topological polar surface area (TPSA) is 33.1 Å². The highest BCUT2D eigenvalue weighted by molar-refractivity contribution is 5.19. The lowest BCUT2D eigenvalue weighted by Gasteiger charge is -2.20. The van der Waals surface area contributed by atoms with Crippen molar-refractivity contribution in [3.63, 3.8) is 0 Å². The summed E-state index contributed by atoms with van der Waals surface area (Å²) < 4.78 is 0. The highest BCUT2D eigenvalue weighted by Gasteiger charge is 2.23. The molecule has 2 atom stereocenters. The molecular weight excluding hydrogens is 186 g/mol. The second kappa shape index (κ2) is 4.75. The highest BCUT2D eigenvalue weighted by atomic mass is 16.3. The molecule has 0 radical (unpaired) electrons. The van der Waals surface area contributed by atoms with E-state index in [1.54, 1.807) is 0 Å². The van der Waals surface area contributed by atoms with Crippen molar-refractivity contribution >= 4 is 0 Å². The van der Waals surface area contributed by atoms with Gasteiger partial charge >= 0.3 is 0 Å². The van der Waals surface area contributed by atoms with Crippen LogP contribution in [0.4, 0.5) is 0 Å². The van der Waals surface area contributed by atoms with Gasteiger partial charge in [0.1, 0.15) is 0 Å². The molecular formula is C13H19NO. The summed E-state index contributed by atoms with van der Waals surface area (Å²) in [7, 11) is 0. The van der Waals surface area contributed by atoms with Crippen LogP contribution in [0, 0.1) is 6.92 Å². The van der Waals surface area contributed by atoms with Gasteiger partial charge < -0.3 is 5.11 Å². The van der Waals surface area contributed by atoms with Gasteiger partial charge in [0.05, 0.1) is 6.10 Å². The van der Waals surface area contributed by atoms with E-state index in [0.29, 0.717) is 5.92 Å². The van der Waals surface area contributed by atoms with Crippen LogP contribution in [-0.2, 0) is 0 Å². The lowest BCUT2D eigenvalue weighted by atomic mass is 9.90. The van der Waals surface area contributed by atoms with E-state index >= 15 is 0 Å². The maximum absolute atomic E-state index is 10.0. The van der Waals surface area contributed by atoms with Crippen LogP contribution in [-0.4, -0.2) is 16.2 Å². The summed E-state index contributed by atoms with van der Waals surface area (Å²) in [4.78, 5) is 4.31. The molecule has 1 fully saturated rings. The van der Waals surface area contributed by atoms with Gasteiger partial charge in [-0.1, -0.05) is 25.3 Å². The van der Waals surface area contributed by atoms with Gasteiger partial charge in [0.15, 0.2) is 0 Å². The van der Waals surface area contributed by atoms with E-state index in [1.807, 2.05) is 19.2 Å². The minimum atomic E-state index is -0.169. The van der Waals surface area contributed by atoms with Crippen LogP contribution in [0.2, 0.25) is 0 Å². The van der Waals surface area contributed by atoms with Crippen molar-refractivity contribution in [3.8, 4) is 0 Å². The summed E-state index contributed by atoms with van der Waals surface area (Å²) in [6.45, 7) is 1.99. The average Bonchev–Trinajstić information content (AvgIpc) is 2.44. The molecule has 0 amide bonds. The minimum absolute atomic E-state index is 0.169. The number of aliphatic hydroxyl groups is 1. The molecule has 2 heteroatoms. The van der Waals surface area contributed by atoms with Crippen LogP contribution in [0.5, 0.6) is 0 Å². The summed E-state index contributed by atoms with van der Waals surface area (Å²) >= 11 is 0. The van der Waals surface area contributed by atoms with Gasteiger partial charge in [-0.05, 0) is 31.4 Å². The molecule has 15 heavy (non-hydrogen) atoms. The Kier molecular flexibility index (Phi) is 3.37. The van der Waals surface area contributed by atoms with Gasteiger partial charge in [0.25, 0.3) is 0 Å². The van der Waals surface area contributed by atoms with Crippen molar-refractivity contribution in [2.45, 2.75) is 51.0 Å². The quantitative estimate of drug-likeness (QED) is 0.715. The monoisotopic (exact) mass is 205 g/mol. The lowest BCUT2D eigenvalue weighted by Crippen LogP contribution is -2.17. The Bertz CT molecular complexity index is 307. The lowest BCUT2D eigenvalue weighted by molar-refractivity contribution is 0.135. The zero-order valence-corrected chi connectivity index (χ0v) is 9.32. The molecule has 1 N–H and O–H groups in total. The molecule has 0 saturated heterocycles. The van der Waals surface area contributed by atoms with Gasteiger partial charge in [0, 0.05) is 17.8 Å². The highest BCUT2D eigenvalue weighted by Crippen LogP contribution is 2.31. The van der Waals surface area contributed by atoms with Gasteiger partial charge in [-0.25, -0.2) is 0 Å².